The number of amides is 2. The highest BCUT2D eigenvalue weighted by Gasteiger charge is 2.75. The van der Waals surface area contributed by atoms with Crippen LogP contribution in [0.2, 0.25) is 0 Å². The number of hydrogen-bond acceptors (Lipinski definition) is 6. The first-order valence-corrected chi connectivity index (χ1v) is 12.8. The third kappa shape index (κ3) is 4.85. The van der Waals surface area contributed by atoms with E-state index < -0.39 is 47.1 Å². The molecule has 3 saturated heterocycles. The molecule has 6 atom stereocenters. The summed E-state index contributed by atoms with van der Waals surface area (Å²) in [5, 5.41) is 13.5. The zero-order valence-electron chi connectivity index (χ0n) is 22.1. The fraction of sp³-hybridized carbons (Fsp3) is 0.885. The van der Waals surface area contributed by atoms with Crippen molar-refractivity contribution in [2.75, 3.05) is 13.2 Å². The minimum Gasteiger partial charge on any atom is -0.466 e. The second kappa shape index (κ2) is 9.41. The van der Waals surface area contributed by atoms with Gasteiger partial charge in [-0.3, -0.25) is 14.4 Å². The van der Waals surface area contributed by atoms with Crippen molar-refractivity contribution in [1.82, 2.24) is 10.2 Å². The van der Waals surface area contributed by atoms with E-state index in [1.807, 2.05) is 27.7 Å². The Balaban J connectivity index is 2.02. The summed E-state index contributed by atoms with van der Waals surface area (Å²) in [6, 6.07) is -1.43. The van der Waals surface area contributed by atoms with Crippen molar-refractivity contribution in [1.29, 1.82) is 0 Å². The molecular weight excluding hydrogens is 436 g/mol. The molecule has 3 fully saturated rings. The van der Waals surface area contributed by atoms with E-state index in [2.05, 4.69) is 26.1 Å². The molecule has 3 rings (SSSR count). The average molecular weight is 481 g/mol. The van der Waals surface area contributed by atoms with Gasteiger partial charge in [-0.2, -0.15) is 0 Å². The first-order valence-electron chi connectivity index (χ1n) is 12.8. The van der Waals surface area contributed by atoms with Gasteiger partial charge < -0.3 is 24.8 Å². The van der Waals surface area contributed by atoms with Crippen molar-refractivity contribution >= 4 is 17.8 Å². The number of likely N-dealkylation sites (tertiary alicyclic amines) is 1. The summed E-state index contributed by atoms with van der Waals surface area (Å²) in [6.07, 6.45) is 1.99. The van der Waals surface area contributed by atoms with Crippen LogP contribution in [-0.2, 0) is 23.9 Å². The summed E-state index contributed by atoms with van der Waals surface area (Å²) in [5.74, 6) is -2.28. The van der Waals surface area contributed by atoms with Crippen molar-refractivity contribution < 1.29 is 29.0 Å². The summed E-state index contributed by atoms with van der Waals surface area (Å²) < 4.78 is 11.7. The third-order valence-corrected chi connectivity index (χ3v) is 7.33. The number of carbonyl (C=O) groups is 3. The fourth-order valence-corrected chi connectivity index (χ4v) is 6.88. The van der Waals surface area contributed by atoms with Gasteiger partial charge in [-0.1, -0.05) is 34.6 Å². The van der Waals surface area contributed by atoms with Gasteiger partial charge >= 0.3 is 5.97 Å². The van der Waals surface area contributed by atoms with Crippen LogP contribution in [0.25, 0.3) is 0 Å². The topological polar surface area (TPSA) is 105 Å². The Morgan fingerprint density at radius 2 is 1.91 bits per heavy atom. The number of aliphatic hydroxyl groups excluding tert-OH is 1. The molecule has 3 heterocycles. The maximum atomic E-state index is 14.0. The van der Waals surface area contributed by atoms with E-state index in [9.17, 15) is 19.5 Å². The van der Waals surface area contributed by atoms with Gasteiger partial charge in [0, 0.05) is 5.54 Å². The molecule has 2 unspecified atom stereocenters. The van der Waals surface area contributed by atoms with Gasteiger partial charge in [0.05, 0.1) is 37.2 Å². The Kier molecular flexibility index (Phi) is 7.46. The molecular formula is C26H44N2O6. The summed E-state index contributed by atoms with van der Waals surface area (Å²) in [6.45, 7) is 16.1. The van der Waals surface area contributed by atoms with Crippen molar-refractivity contribution in [3.05, 3.63) is 0 Å². The molecule has 0 aromatic carbocycles. The number of carbonyl (C=O) groups excluding carboxylic acids is 3. The van der Waals surface area contributed by atoms with E-state index >= 15 is 0 Å². The molecule has 194 valence electrons. The van der Waals surface area contributed by atoms with Crippen LogP contribution in [-0.4, -0.2) is 70.3 Å². The zero-order chi connectivity index (χ0) is 25.6. The summed E-state index contributed by atoms with van der Waals surface area (Å²) in [5.41, 5.74) is -1.60. The van der Waals surface area contributed by atoms with Gasteiger partial charge in [-0.15, -0.1) is 0 Å². The van der Waals surface area contributed by atoms with Crippen molar-refractivity contribution in [3.8, 4) is 0 Å². The monoisotopic (exact) mass is 480 g/mol. The molecule has 0 radical (unpaired) electrons. The molecule has 3 aliphatic rings. The van der Waals surface area contributed by atoms with E-state index in [0.29, 0.717) is 19.3 Å². The lowest BCUT2D eigenvalue weighted by Gasteiger charge is -2.40. The Hall–Kier alpha value is -1.67. The normalized spacial score (nSPS) is 31.7. The number of rotatable bonds is 9. The first-order chi connectivity index (χ1) is 15.7. The lowest BCUT2D eigenvalue weighted by Crippen LogP contribution is -2.61. The van der Waals surface area contributed by atoms with Crippen LogP contribution >= 0.6 is 0 Å². The number of hydrogen-bond donors (Lipinski definition) is 2. The van der Waals surface area contributed by atoms with E-state index in [4.69, 9.17) is 9.47 Å². The average Bonchev–Trinajstić information content (AvgIpc) is 3.31. The molecule has 8 nitrogen and oxygen atoms in total. The van der Waals surface area contributed by atoms with Gasteiger partial charge in [0.15, 0.2) is 0 Å². The Labute approximate surface area is 204 Å². The maximum absolute atomic E-state index is 14.0. The highest BCUT2D eigenvalue weighted by molar-refractivity contribution is 5.98. The van der Waals surface area contributed by atoms with Gasteiger partial charge in [0.2, 0.25) is 11.8 Å². The van der Waals surface area contributed by atoms with Crippen LogP contribution < -0.4 is 5.32 Å². The molecule has 34 heavy (non-hydrogen) atoms. The molecule has 0 aromatic heterocycles. The number of nitrogens with zero attached hydrogens (tertiary/aromatic N) is 1. The number of fused-ring (bicyclic) bond motifs is 1. The van der Waals surface area contributed by atoms with Crippen LogP contribution in [0.4, 0.5) is 0 Å². The summed E-state index contributed by atoms with van der Waals surface area (Å²) >= 11 is 0. The number of esters is 1. The molecule has 2 bridgehead atoms. The third-order valence-electron chi connectivity index (χ3n) is 7.33. The molecule has 0 saturated carbocycles. The standard InChI is InChI=1S/C26H44N2O6/c1-9-33-23(32)18-17-10-11-26(34-17)19(18)22(31)28(16(13-29)12-15(2)3)20(26)21(30)27-25(7,8)14-24(4,5)6/h15-20,29H,9-14H2,1-8H3,(H,27,30)/t16-,17+,18-,19+,20?,26?/m1/s1. The van der Waals surface area contributed by atoms with Gasteiger partial charge in [-0.25, -0.2) is 0 Å². The SMILES string of the molecule is CCOC(=O)[C@@H]1[C@@H]2CCC3(O2)C(C(=O)NC(C)(C)CC(C)(C)C)N([C@@H](CO)CC(C)C)C(=O)[C@H]13. The first kappa shape index (κ1) is 26.9. The minimum absolute atomic E-state index is 0.00855. The molecule has 0 aromatic rings. The second-order valence-corrected chi connectivity index (χ2v) is 12.6. The molecule has 1 spiro atoms. The highest BCUT2D eigenvalue weighted by atomic mass is 16.6. The largest absolute Gasteiger partial charge is 0.466 e. The van der Waals surface area contributed by atoms with Crippen molar-refractivity contribution in [2.24, 2.45) is 23.2 Å². The van der Waals surface area contributed by atoms with E-state index in [1.54, 1.807) is 11.8 Å². The van der Waals surface area contributed by atoms with Crippen LogP contribution in [0.3, 0.4) is 0 Å². The van der Waals surface area contributed by atoms with Gasteiger partial charge in [0.1, 0.15) is 11.6 Å². The Bertz CT molecular complexity index is 804. The van der Waals surface area contributed by atoms with Crippen LogP contribution in [0.1, 0.15) is 81.1 Å². The molecule has 2 N–H and O–H groups in total. The fourth-order valence-electron chi connectivity index (χ4n) is 6.88. The van der Waals surface area contributed by atoms with Crippen LogP contribution in [0, 0.1) is 23.2 Å². The highest BCUT2D eigenvalue weighted by Crippen LogP contribution is 2.59. The Morgan fingerprint density at radius 1 is 1.26 bits per heavy atom. The van der Waals surface area contributed by atoms with Gasteiger partial charge in [-0.05, 0) is 57.8 Å². The predicted octanol–water partition coefficient (Wildman–Crippen LogP) is 2.66. The number of aliphatic hydroxyl groups is 1. The quantitative estimate of drug-likeness (QED) is 0.492. The van der Waals surface area contributed by atoms with E-state index in [1.165, 1.54) is 0 Å². The van der Waals surface area contributed by atoms with E-state index in [-0.39, 0.29) is 36.4 Å². The molecule has 8 heteroatoms. The maximum Gasteiger partial charge on any atom is 0.312 e. The second-order valence-electron chi connectivity index (χ2n) is 12.6. The number of nitrogens with one attached hydrogen (secondary N) is 1. The minimum atomic E-state index is -1.08. The molecule has 0 aliphatic carbocycles. The van der Waals surface area contributed by atoms with Crippen molar-refractivity contribution in [3.63, 3.8) is 0 Å². The van der Waals surface area contributed by atoms with Crippen molar-refractivity contribution in [2.45, 2.75) is 110 Å². The summed E-state index contributed by atoms with van der Waals surface area (Å²) in [4.78, 5) is 42.3. The smallest absolute Gasteiger partial charge is 0.312 e. The van der Waals surface area contributed by atoms with Gasteiger partial charge in [0.25, 0.3) is 0 Å². The number of ether oxygens (including phenoxy) is 2. The van der Waals surface area contributed by atoms with Crippen LogP contribution in [0.15, 0.2) is 0 Å². The molecule has 2 amide bonds. The van der Waals surface area contributed by atoms with Crippen LogP contribution in [0.5, 0.6) is 0 Å². The molecule has 3 aliphatic heterocycles. The lowest BCUT2D eigenvalue weighted by molar-refractivity contribution is -0.155. The van der Waals surface area contributed by atoms with E-state index in [0.717, 1.165) is 6.42 Å². The summed E-state index contributed by atoms with van der Waals surface area (Å²) in [7, 11) is 0. The Morgan fingerprint density at radius 3 is 2.44 bits per heavy atom. The predicted molar refractivity (Wildman–Crippen MR) is 128 cm³/mol. The lowest BCUT2D eigenvalue weighted by atomic mass is 9.70. The zero-order valence-corrected chi connectivity index (χ0v) is 22.1.